The summed E-state index contributed by atoms with van der Waals surface area (Å²) in [6.45, 7) is 3.65. The van der Waals surface area contributed by atoms with Gasteiger partial charge in [-0.15, -0.1) is 0 Å². The van der Waals surface area contributed by atoms with E-state index in [1.807, 2.05) is 18.0 Å². The first-order chi connectivity index (χ1) is 7.70. The van der Waals surface area contributed by atoms with Crippen LogP contribution in [-0.4, -0.2) is 40.4 Å². The SMILES string of the molecule is Cc1cnc([C@@H]2CCCN(C(=O)CN)C2)[nH]1. The van der Waals surface area contributed by atoms with Gasteiger partial charge in [-0.05, 0) is 19.8 Å². The lowest BCUT2D eigenvalue weighted by molar-refractivity contribution is -0.130. The standard InChI is InChI=1S/C11H18N4O/c1-8-6-13-11(14-8)9-3-2-4-15(7-9)10(16)5-12/h6,9H,2-5,7,12H2,1H3,(H,13,14)/t9-/m1/s1. The zero-order valence-electron chi connectivity index (χ0n) is 9.57. The maximum atomic E-state index is 11.5. The molecule has 0 saturated carbocycles. The lowest BCUT2D eigenvalue weighted by Crippen LogP contribution is -2.42. The van der Waals surface area contributed by atoms with Gasteiger partial charge in [-0.1, -0.05) is 0 Å². The Kier molecular flexibility index (Phi) is 3.24. The van der Waals surface area contributed by atoms with Crippen LogP contribution in [-0.2, 0) is 4.79 Å². The Bertz CT molecular complexity index is 374. The van der Waals surface area contributed by atoms with Crippen molar-refractivity contribution in [3.63, 3.8) is 0 Å². The Balaban J connectivity index is 2.04. The average Bonchev–Trinajstić information content (AvgIpc) is 2.75. The number of nitrogens with two attached hydrogens (primary N) is 1. The van der Waals surface area contributed by atoms with Gasteiger partial charge in [0.1, 0.15) is 5.82 Å². The average molecular weight is 222 g/mol. The van der Waals surface area contributed by atoms with Crippen molar-refractivity contribution < 1.29 is 4.79 Å². The van der Waals surface area contributed by atoms with Crippen molar-refractivity contribution in [1.29, 1.82) is 0 Å². The summed E-state index contributed by atoms with van der Waals surface area (Å²) in [5.74, 6) is 1.36. The molecule has 5 heteroatoms. The molecular formula is C11H18N4O. The predicted molar refractivity (Wildman–Crippen MR) is 60.9 cm³/mol. The molecule has 0 aliphatic carbocycles. The second-order valence-corrected chi connectivity index (χ2v) is 4.33. The molecule has 1 fully saturated rings. The summed E-state index contributed by atoms with van der Waals surface area (Å²) < 4.78 is 0. The fourth-order valence-electron chi connectivity index (χ4n) is 2.20. The zero-order valence-corrected chi connectivity index (χ0v) is 9.57. The highest BCUT2D eigenvalue weighted by Gasteiger charge is 2.25. The van der Waals surface area contributed by atoms with Crippen molar-refractivity contribution >= 4 is 5.91 Å². The maximum absolute atomic E-state index is 11.5. The van der Waals surface area contributed by atoms with Gasteiger partial charge in [-0.25, -0.2) is 4.98 Å². The Morgan fingerprint density at radius 3 is 3.19 bits per heavy atom. The Morgan fingerprint density at radius 1 is 1.75 bits per heavy atom. The van der Waals surface area contributed by atoms with Gasteiger partial charge in [0.25, 0.3) is 0 Å². The van der Waals surface area contributed by atoms with Crippen LogP contribution in [0.3, 0.4) is 0 Å². The number of hydrogen-bond acceptors (Lipinski definition) is 3. The molecule has 1 amide bonds. The van der Waals surface area contributed by atoms with E-state index < -0.39 is 0 Å². The minimum atomic E-state index is 0.0352. The lowest BCUT2D eigenvalue weighted by Gasteiger charge is -2.31. The second kappa shape index (κ2) is 4.65. The largest absolute Gasteiger partial charge is 0.346 e. The fraction of sp³-hybridized carbons (Fsp3) is 0.636. The molecule has 1 aliphatic heterocycles. The van der Waals surface area contributed by atoms with Crippen LogP contribution < -0.4 is 5.73 Å². The molecule has 1 aliphatic rings. The number of amides is 1. The lowest BCUT2D eigenvalue weighted by atomic mass is 9.97. The normalized spacial score (nSPS) is 21.1. The molecule has 2 rings (SSSR count). The van der Waals surface area contributed by atoms with Gasteiger partial charge < -0.3 is 15.6 Å². The van der Waals surface area contributed by atoms with Crippen molar-refractivity contribution in [2.45, 2.75) is 25.7 Å². The van der Waals surface area contributed by atoms with Crippen molar-refractivity contribution in [3.8, 4) is 0 Å². The summed E-state index contributed by atoms with van der Waals surface area (Å²) in [5, 5.41) is 0. The molecule has 0 unspecified atom stereocenters. The van der Waals surface area contributed by atoms with Crippen molar-refractivity contribution in [1.82, 2.24) is 14.9 Å². The highest BCUT2D eigenvalue weighted by molar-refractivity contribution is 5.78. The number of hydrogen-bond donors (Lipinski definition) is 2. The first-order valence-electron chi connectivity index (χ1n) is 5.70. The van der Waals surface area contributed by atoms with Gasteiger partial charge in [0.2, 0.25) is 5.91 Å². The first kappa shape index (κ1) is 11.1. The molecule has 1 atom stereocenters. The van der Waals surface area contributed by atoms with Crippen LogP contribution in [0.4, 0.5) is 0 Å². The van der Waals surface area contributed by atoms with E-state index in [2.05, 4.69) is 9.97 Å². The summed E-state index contributed by atoms with van der Waals surface area (Å²) in [7, 11) is 0. The van der Waals surface area contributed by atoms with Gasteiger partial charge in [0.15, 0.2) is 0 Å². The summed E-state index contributed by atoms with van der Waals surface area (Å²) in [5.41, 5.74) is 6.44. The Hall–Kier alpha value is -1.36. The summed E-state index contributed by atoms with van der Waals surface area (Å²) >= 11 is 0. The molecular weight excluding hydrogens is 204 g/mol. The highest BCUT2D eigenvalue weighted by atomic mass is 16.2. The minimum absolute atomic E-state index is 0.0352. The fourth-order valence-corrected chi connectivity index (χ4v) is 2.20. The number of aromatic nitrogens is 2. The van der Waals surface area contributed by atoms with E-state index in [0.29, 0.717) is 5.92 Å². The molecule has 0 spiro atoms. The number of nitrogens with zero attached hydrogens (tertiary/aromatic N) is 2. The van der Waals surface area contributed by atoms with Crippen molar-refractivity contribution in [3.05, 3.63) is 17.7 Å². The van der Waals surface area contributed by atoms with Crippen molar-refractivity contribution in [2.24, 2.45) is 5.73 Å². The van der Waals surface area contributed by atoms with E-state index in [9.17, 15) is 4.79 Å². The minimum Gasteiger partial charge on any atom is -0.346 e. The van der Waals surface area contributed by atoms with Gasteiger partial charge in [0, 0.05) is 30.9 Å². The summed E-state index contributed by atoms with van der Waals surface area (Å²) in [4.78, 5) is 20.9. The number of rotatable bonds is 2. The van der Waals surface area contributed by atoms with Crippen LogP contribution in [0.1, 0.15) is 30.3 Å². The third-order valence-electron chi connectivity index (χ3n) is 3.06. The van der Waals surface area contributed by atoms with Crippen molar-refractivity contribution in [2.75, 3.05) is 19.6 Å². The van der Waals surface area contributed by atoms with Crippen LogP contribution in [0.15, 0.2) is 6.20 Å². The number of aryl methyl sites for hydroxylation is 1. The van der Waals surface area contributed by atoms with E-state index in [0.717, 1.165) is 37.4 Å². The molecule has 16 heavy (non-hydrogen) atoms. The molecule has 1 saturated heterocycles. The predicted octanol–water partition coefficient (Wildman–Crippen LogP) is 0.383. The van der Waals surface area contributed by atoms with E-state index in [1.54, 1.807) is 0 Å². The number of likely N-dealkylation sites (tertiary alicyclic amines) is 1. The quantitative estimate of drug-likeness (QED) is 0.759. The Morgan fingerprint density at radius 2 is 2.56 bits per heavy atom. The van der Waals surface area contributed by atoms with E-state index in [1.165, 1.54) is 0 Å². The molecule has 88 valence electrons. The molecule has 2 heterocycles. The van der Waals surface area contributed by atoms with Crippen LogP contribution in [0.5, 0.6) is 0 Å². The molecule has 0 aromatic carbocycles. The third kappa shape index (κ3) is 2.24. The van der Waals surface area contributed by atoms with E-state index in [-0.39, 0.29) is 12.5 Å². The number of H-pyrrole nitrogens is 1. The summed E-state index contributed by atoms with van der Waals surface area (Å²) in [6, 6.07) is 0. The van der Waals surface area contributed by atoms with Gasteiger partial charge in [0.05, 0.1) is 6.54 Å². The third-order valence-corrected chi connectivity index (χ3v) is 3.06. The number of carbonyl (C=O) groups is 1. The van der Waals surface area contributed by atoms with Gasteiger partial charge in [-0.3, -0.25) is 4.79 Å². The molecule has 1 aromatic heterocycles. The number of nitrogens with one attached hydrogen (secondary N) is 1. The molecule has 3 N–H and O–H groups in total. The number of aromatic amines is 1. The van der Waals surface area contributed by atoms with Crippen LogP contribution >= 0.6 is 0 Å². The van der Waals surface area contributed by atoms with Gasteiger partial charge in [-0.2, -0.15) is 0 Å². The molecule has 1 aromatic rings. The smallest absolute Gasteiger partial charge is 0.236 e. The van der Waals surface area contributed by atoms with Crippen LogP contribution in [0, 0.1) is 6.92 Å². The summed E-state index contributed by atoms with van der Waals surface area (Å²) in [6.07, 6.45) is 3.94. The first-order valence-corrected chi connectivity index (χ1v) is 5.70. The van der Waals surface area contributed by atoms with E-state index in [4.69, 9.17) is 5.73 Å². The molecule has 5 nitrogen and oxygen atoms in total. The second-order valence-electron chi connectivity index (χ2n) is 4.33. The number of imidazole rings is 1. The van der Waals surface area contributed by atoms with Crippen LogP contribution in [0.25, 0.3) is 0 Å². The molecule has 0 radical (unpaired) electrons. The topological polar surface area (TPSA) is 75.0 Å². The maximum Gasteiger partial charge on any atom is 0.236 e. The monoisotopic (exact) mass is 222 g/mol. The van der Waals surface area contributed by atoms with Crippen LogP contribution in [0.2, 0.25) is 0 Å². The number of piperidine rings is 1. The molecule has 0 bridgehead atoms. The van der Waals surface area contributed by atoms with Gasteiger partial charge >= 0.3 is 0 Å². The highest BCUT2D eigenvalue weighted by Crippen LogP contribution is 2.24. The zero-order chi connectivity index (χ0) is 11.5. The Labute approximate surface area is 95.0 Å². The van der Waals surface area contributed by atoms with E-state index >= 15 is 0 Å². The number of carbonyl (C=O) groups excluding carboxylic acids is 1.